The first-order valence-electron chi connectivity index (χ1n) is 9.31. The van der Waals surface area contributed by atoms with Crippen LogP contribution in [0.1, 0.15) is 44.2 Å². The number of benzene rings is 2. The third-order valence-electron chi connectivity index (χ3n) is 5.33. The van der Waals surface area contributed by atoms with Crippen LogP contribution in [0.3, 0.4) is 0 Å². The second-order valence-electron chi connectivity index (χ2n) is 7.53. The molecule has 1 fully saturated rings. The van der Waals surface area contributed by atoms with Gasteiger partial charge in [-0.25, -0.2) is 0 Å². The molecule has 1 aliphatic rings. The second kappa shape index (κ2) is 7.55. The van der Waals surface area contributed by atoms with E-state index < -0.39 is 5.60 Å². The Morgan fingerprint density at radius 2 is 1.24 bits per heavy atom. The van der Waals surface area contributed by atoms with Gasteiger partial charge in [0.25, 0.3) is 0 Å². The lowest BCUT2D eigenvalue weighted by molar-refractivity contribution is 0.118. The van der Waals surface area contributed by atoms with Gasteiger partial charge in [0.15, 0.2) is 0 Å². The molecular weight excluding hydrogens is 306 g/mol. The van der Waals surface area contributed by atoms with Crippen LogP contribution in [0, 0.1) is 0 Å². The summed E-state index contributed by atoms with van der Waals surface area (Å²) in [6.45, 7) is 6.75. The van der Waals surface area contributed by atoms with Gasteiger partial charge in [0.1, 0.15) is 5.60 Å². The van der Waals surface area contributed by atoms with Gasteiger partial charge in [-0.05, 0) is 57.0 Å². The topological polar surface area (TPSA) is 23.5 Å². The summed E-state index contributed by atoms with van der Waals surface area (Å²) in [7, 11) is 0. The van der Waals surface area contributed by atoms with Crippen LogP contribution in [0.5, 0.6) is 0 Å². The van der Waals surface area contributed by atoms with Crippen molar-refractivity contribution in [3.63, 3.8) is 0 Å². The van der Waals surface area contributed by atoms with Gasteiger partial charge in [-0.2, -0.15) is 0 Å². The molecule has 2 heteroatoms. The Bertz CT molecular complexity index is 645. The molecule has 0 atom stereocenters. The molecule has 0 saturated carbocycles. The minimum absolute atomic E-state index is 0.0715. The molecule has 1 N–H and O–H groups in total. The van der Waals surface area contributed by atoms with Crippen molar-refractivity contribution in [2.24, 2.45) is 0 Å². The molecule has 0 aliphatic carbocycles. The highest BCUT2D eigenvalue weighted by Crippen LogP contribution is 2.33. The summed E-state index contributed by atoms with van der Waals surface area (Å²) in [5.41, 5.74) is 0.604. The van der Waals surface area contributed by atoms with Crippen molar-refractivity contribution in [1.82, 2.24) is 4.90 Å². The number of rotatable bonds is 5. The number of hydrogen-bond donors (Lipinski definition) is 1. The van der Waals surface area contributed by atoms with Crippen LogP contribution in [0.2, 0.25) is 0 Å². The number of likely N-dealkylation sites (tertiary alicyclic amines) is 1. The largest absolute Gasteiger partial charge is 0.377 e. The molecule has 25 heavy (non-hydrogen) atoms. The number of aliphatic hydroxyl groups is 1. The van der Waals surface area contributed by atoms with Crippen LogP contribution in [0.15, 0.2) is 72.8 Å². The van der Waals surface area contributed by atoms with Crippen LogP contribution in [-0.4, -0.2) is 28.6 Å². The van der Waals surface area contributed by atoms with Crippen LogP contribution in [0.4, 0.5) is 0 Å². The first-order chi connectivity index (χ1) is 12.0. The molecule has 0 amide bonds. The van der Waals surface area contributed by atoms with Crippen LogP contribution >= 0.6 is 0 Å². The molecule has 0 bridgehead atoms. The lowest BCUT2D eigenvalue weighted by Crippen LogP contribution is -2.45. The van der Waals surface area contributed by atoms with Gasteiger partial charge in [-0.15, -0.1) is 0 Å². The Balaban J connectivity index is 1.95. The Hall–Kier alpha value is -1.90. The molecule has 132 valence electrons. The molecule has 0 aromatic heterocycles. The quantitative estimate of drug-likeness (QED) is 0.798. The average Bonchev–Trinajstić information content (AvgIpc) is 2.68. The minimum Gasteiger partial charge on any atom is -0.377 e. The molecule has 0 spiro atoms. The smallest absolute Gasteiger partial charge is 0.133 e. The van der Waals surface area contributed by atoms with E-state index >= 15 is 0 Å². The van der Waals surface area contributed by atoms with E-state index in [1.807, 2.05) is 66.7 Å². The summed E-state index contributed by atoms with van der Waals surface area (Å²) in [6.07, 6.45) is 8.01. The summed E-state index contributed by atoms with van der Waals surface area (Å²) < 4.78 is 0. The highest BCUT2D eigenvalue weighted by Gasteiger charge is 2.31. The van der Waals surface area contributed by atoms with E-state index in [0.717, 1.165) is 24.2 Å². The van der Waals surface area contributed by atoms with Crippen molar-refractivity contribution in [2.45, 2.75) is 44.2 Å². The second-order valence-corrected chi connectivity index (χ2v) is 7.53. The Morgan fingerprint density at radius 3 is 1.72 bits per heavy atom. The molecule has 1 heterocycles. The van der Waals surface area contributed by atoms with Gasteiger partial charge >= 0.3 is 0 Å². The van der Waals surface area contributed by atoms with Gasteiger partial charge in [-0.1, -0.05) is 73.2 Å². The van der Waals surface area contributed by atoms with Crippen molar-refractivity contribution < 1.29 is 5.11 Å². The molecule has 3 rings (SSSR count). The zero-order valence-electron chi connectivity index (χ0n) is 15.4. The fraction of sp³-hybridized carbons (Fsp3) is 0.391. The molecule has 1 aliphatic heterocycles. The van der Waals surface area contributed by atoms with E-state index in [9.17, 15) is 5.11 Å². The highest BCUT2D eigenvalue weighted by atomic mass is 16.3. The first kappa shape index (κ1) is 17.9. The SMILES string of the molecule is CC(C)(C=CC(O)(c1ccccc1)c1ccccc1)N1CCCCC1. The molecule has 1 saturated heterocycles. The monoisotopic (exact) mass is 335 g/mol. The fourth-order valence-electron chi connectivity index (χ4n) is 3.64. The number of nitrogens with zero attached hydrogens (tertiary/aromatic N) is 1. The summed E-state index contributed by atoms with van der Waals surface area (Å²) in [5, 5.41) is 11.6. The predicted molar refractivity (Wildman–Crippen MR) is 105 cm³/mol. The third kappa shape index (κ3) is 4.02. The summed E-state index contributed by atoms with van der Waals surface area (Å²) in [5.74, 6) is 0. The molecule has 0 unspecified atom stereocenters. The zero-order valence-corrected chi connectivity index (χ0v) is 15.4. The van der Waals surface area contributed by atoms with E-state index in [0.29, 0.717) is 0 Å². The summed E-state index contributed by atoms with van der Waals surface area (Å²) in [6, 6.07) is 19.8. The van der Waals surface area contributed by atoms with Crippen LogP contribution < -0.4 is 0 Å². The summed E-state index contributed by atoms with van der Waals surface area (Å²) >= 11 is 0. The predicted octanol–water partition coefficient (Wildman–Crippen LogP) is 4.74. The van der Waals surface area contributed by atoms with Crippen molar-refractivity contribution in [2.75, 3.05) is 13.1 Å². The Kier molecular flexibility index (Phi) is 5.41. The molecule has 2 nitrogen and oxygen atoms in total. The Morgan fingerprint density at radius 1 is 0.760 bits per heavy atom. The zero-order chi connectivity index (χ0) is 17.8. The third-order valence-corrected chi connectivity index (χ3v) is 5.33. The van der Waals surface area contributed by atoms with Gasteiger partial charge in [0.2, 0.25) is 0 Å². The normalized spacial score (nSPS) is 17.1. The number of piperidine rings is 1. The van der Waals surface area contributed by atoms with E-state index in [2.05, 4.69) is 24.8 Å². The maximum Gasteiger partial charge on any atom is 0.133 e. The Labute approximate surface area is 151 Å². The lowest BCUT2D eigenvalue weighted by Gasteiger charge is -2.40. The summed E-state index contributed by atoms with van der Waals surface area (Å²) in [4.78, 5) is 2.52. The van der Waals surface area contributed by atoms with Crippen molar-refractivity contribution in [3.05, 3.63) is 83.9 Å². The van der Waals surface area contributed by atoms with E-state index in [4.69, 9.17) is 0 Å². The van der Waals surface area contributed by atoms with Crippen molar-refractivity contribution in [1.29, 1.82) is 0 Å². The van der Waals surface area contributed by atoms with E-state index in [-0.39, 0.29) is 5.54 Å². The molecule has 2 aromatic rings. The van der Waals surface area contributed by atoms with Crippen LogP contribution in [-0.2, 0) is 5.60 Å². The maximum atomic E-state index is 11.6. The average molecular weight is 335 g/mol. The highest BCUT2D eigenvalue weighted by molar-refractivity contribution is 5.41. The lowest BCUT2D eigenvalue weighted by atomic mass is 9.84. The molecule has 0 radical (unpaired) electrons. The van der Waals surface area contributed by atoms with Gasteiger partial charge in [0, 0.05) is 5.54 Å². The van der Waals surface area contributed by atoms with Gasteiger partial charge in [-0.3, -0.25) is 4.90 Å². The first-order valence-corrected chi connectivity index (χ1v) is 9.31. The standard InChI is InChI=1S/C23H29NO/c1-22(2,24-18-10-5-11-19-24)16-17-23(25,20-12-6-3-7-13-20)21-14-8-4-9-15-21/h3-4,6-9,12-17,25H,5,10-11,18-19H2,1-2H3. The van der Waals surface area contributed by atoms with Gasteiger partial charge in [0.05, 0.1) is 0 Å². The van der Waals surface area contributed by atoms with Gasteiger partial charge < -0.3 is 5.11 Å². The maximum absolute atomic E-state index is 11.6. The minimum atomic E-state index is -1.12. The van der Waals surface area contributed by atoms with E-state index in [1.54, 1.807) is 0 Å². The van der Waals surface area contributed by atoms with E-state index in [1.165, 1.54) is 19.3 Å². The fourth-order valence-corrected chi connectivity index (χ4v) is 3.64. The van der Waals surface area contributed by atoms with Crippen molar-refractivity contribution >= 4 is 0 Å². The molecular formula is C23H29NO. The van der Waals surface area contributed by atoms with Crippen molar-refractivity contribution in [3.8, 4) is 0 Å². The number of hydrogen-bond acceptors (Lipinski definition) is 2. The van der Waals surface area contributed by atoms with Crippen LogP contribution in [0.25, 0.3) is 0 Å². The molecule has 2 aromatic carbocycles.